The lowest BCUT2D eigenvalue weighted by molar-refractivity contribution is 0.346. The largest absolute Gasteiger partial charge is 0.354 e. The molecular weight excluding hydrogens is 408 g/mol. The van der Waals surface area contributed by atoms with Gasteiger partial charge in [-0.3, -0.25) is 0 Å². The molecule has 2 aromatic carbocycles. The van der Waals surface area contributed by atoms with E-state index in [1.165, 1.54) is 5.56 Å². The van der Waals surface area contributed by atoms with Gasteiger partial charge >= 0.3 is 0 Å². The molecule has 7 heteroatoms. The summed E-state index contributed by atoms with van der Waals surface area (Å²) in [6.45, 7) is 3.76. The van der Waals surface area contributed by atoms with Crippen LogP contribution in [0, 0.1) is 6.92 Å². The van der Waals surface area contributed by atoms with Crippen molar-refractivity contribution in [2.24, 2.45) is 0 Å². The van der Waals surface area contributed by atoms with Gasteiger partial charge in [-0.25, -0.2) is 8.42 Å². The Hall–Kier alpha value is -2.77. The van der Waals surface area contributed by atoms with Crippen LogP contribution in [0.5, 0.6) is 0 Å². The normalized spacial score (nSPS) is 15.0. The molecule has 0 amide bonds. The van der Waals surface area contributed by atoms with Gasteiger partial charge in [-0.05, 0) is 49.1 Å². The number of sulfonamides is 1. The quantitative estimate of drug-likeness (QED) is 0.578. The maximum Gasteiger partial charge on any atom is 0.243 e. The van der Waals surface area contributed by atoms with Crippen LogP contribution in [0.2, 0.25) is 0 Å². The highest BCUT2D eigenvalue weighted by molar-refractivity contribution is 7.89. The molecule has 1 aliphatic heterocycles. The molecule has 1 saturated heterocycles. The first-order valence-corrected chi connectivity index (χ1v) is 12.1. The van der Waals surface area contributed by atoms with Gasteiger partial charge in [0.1, 0.15) is 0 Å². The van der Waals surface area contributed by atoms with Gasteiger partial charge in [0.05, 0.1) is 10.6 Å². The summed E-state index contributed by atoms with van der Waals surface area (Å²) in [6.07, 6.45) is 2.93. The molecule has 3 aromatic rings. The number of piperidine rings is 1. The Morgan fingerprint density at radius 1 is 0.935 bits per heavy atom. The topological polar surface area (TPSA) is 66.4 Å². The van der Waals surface area contributed by atoms with E-state index >= 15 is 0 Å². The molecule has 162 valence electrons. The monoisotopic (exact) mass is 436 g/mol. The van der Waals surface area contributed by atoms with E-state index in [0.29, 0.717) is 23.7 Å². The van der Waals surface area contributed by atoms with E-state index in [0.717, 1.165) is 42.8 Å². The van der Waals surface area contributed by atoms with E-state index < -0.39 is 10.0 Å². The van der Waals surface area contributed by atoms with E-state index in [1.807, 2.05) is 61.3 Å². The van der Waals surface area contributed by atoms with Crippen LogP contribution in [0.15, 0.2) is 65.6 Å². The highest BCUT2D eigenvalue weighted by Gasteiger charge is 2.27. The molecule has 1 fully saturated rings. The van der Waals surface area contributed by atoms with Crippen molar-refractivity contribution in [3.8, 4) is 11.3 Å². The van der Waals surface area contributed by atoms with Crippen LogP contribution in [0.1, 0.15) is 30.4 Å². The van der Waals surface area contributed by atoms with Crippen molar-refractivity contribution in [2.45, 2.75) is 37.6 Å². The Morgan fingerprint density at radius 2 is 1.68 bits per heavy atom. The van der Waals surface area contributed by atoms with Crippen LogP contribution < -0.4 is 4.90 Å². The summed E-state index contributed by atoms with van der Waals surface area (Å²) in [5, 5.41) is 8.75. The molecule has 0 aliphatic carbocycles. The molecule has 1 aliphatic rings. The highest BCUT2D eigenvalue weighted by Crippen LogP contribution is 2.28. The molecule has 0 spiro atoms. The summed E-state index contributed by atoms with van der Waals surface area (Å²) in [6, 6.07) is 19.5. The van der Waals surface area contributed by atoms with Crippen LogP contribution in [-0.2, 0) is 16.6 Å². The lowest BCUT2D eigenvalue weighted by Crippen LogP contribution is -2.35. The fourth-order valence-electron chi connectivity index (χ4n) is 3.90. The van der Waals surface area contributed by atoms with Crippen LogP contribution in [0.3, 0.4) is 0 Å². The molecule has 0 unspecified atom stereocenters. The summed E-state index contributed by atoms with van der Waals surface area (Å²) in [5.74, 6) is 0.765. The third kappa shape index (κ3) is 4.78. The molecule has 0 radical (unpaired) electrons. The first-order chi connectivity index (χ1) is 14.9. The van der Waals surface area contributed by atoms with Gasteiger partial charge in [0, 0.05) is 32.2 Å². The third-order valence-corrected chi connectivity index (χ3v) is 7.76. The molecule has 1 aromatic heterocycles. The first kappa shape index (κ1) is 21.5. The molecule has 0 N–H and O–H groups in total. The summed E-state index contributed by atoms with van der Waals surface area (Å²) >= 11 is 0. The van der Waals surface area contributed by atoms with Crippen LogP contribution in [-0.4, -0.2) is 43.1 Å². The number of hydrogen-bond acceptors (Lipinski definition) is 5. The summed E-state index contributed by atoms with van der Waals surface area (Å²) in [4.78, 5) is 2.40. The lowest BCUT2D eigenvalue weighted by Gasteiger charge is -2.26. The van der Waals surface area contributed by atoms with Gasteiger partial charge < -0.3 is 4.90 Å². The summed E-state index contributed by atoms with van der Waals surface area (Å²) < 4.78 is 28.0. The molecule has 0 atom stereocenters. The van der Waals surface area contributed by atoms with Crippen LogP contribution >= 0.6 is 0 Å². The van der Waals surface area contributed by atoms with Gasteiger partial charge in [0.25, 0.3) is 0 Å². The first-order valence-electron chi connectivity index (χ1n) is 10.6. The molecule has 0 saturated carbocycles. The van der Waals surface area contributed by atoms with Crippen molar-refractivity contribution in [3.05, 3.63) is 71.8 Å². The van der Waals surface area contributed by atoms with Crippen molar-refractivity contribution in [1.82, 2.24) is 14.5 Å². The van der Waals surface area contributed by atoms with E-state index in [9.17, 15) is 8.42 Å². The second kappa shape index (κ2) is 9.16. The predicted octanol–water partition coefficient (Wildman–Crippen LogP) is 4.26. The Morgan fingerprint density at radius 3 is 2.35 bits per heavy atom. The van der Waals surface area contributed by atoms with Gasteiger partial charge in [0.2, 0.25) is 10.0 Å². The Labute approximate surface area is 184 Å². The minimum atomic E-state index is -3.50. The number of nitrogens with zero attached hydrogens (tertiary/aromatic N) is 4. The van der Waals surface area contributed by atoms with Gasteiger partial charge in [0.15, 0.2) is 5.82 Å². The number of anilines is 1. The zero-order valence-corrected chi connectivity index (χ0v) is 18.8. The molecule has 31 heavy (non-hydrogen) atoms. The highest BCUT2D eigenvalue weighted by atomic mass is 32.2. The van der Waals surface area contributed by atoms with E-state index in [2.05, 4.69) is 22.3 Å². The number of rotatable bonds is 6. The zero-order valence-electron chi connectivity index (χ0n) is 18.0. The molecule has 0 bridgehead atoms. The number of aromatic nitrogens is 2. The smallest absolute Gasteiger partial charge is 0.243 e. The van der Waals surface area contributed by atoms with Crippen molar-refractivity contribution in [1.29, 1.82) is 0 Å². The van der Waals surface area contributed by atoms with Crippen molar-refractivity contribution < 1.29 is 8.42 Å². The van der Waals surface area contributed by atoms with E-state index in [4.69, 9.17) is 0 Å². The van der Waals surface area contributed by atoms with Gasteiger partial charge in [-0.1, -0.05) is 48.9 Å². The maximum absolute atomic E-state index is 13.2. The minimum Gasteiger partial charge on any atom is -0.354 e. The third-order valence-electron chi connectivity index (χ3n) is 5.72. The number of benzene rings is 2. The second-order valence-electron chi connectivity index (χ2n) is 8.06. The molecule has 2 heterocycles. The maximum atomic E-state index is 13.2. The Bertz CT molecular complexity index is 1130. The van der Waals surface area contributed by atoms with Crippen LogP contribution in [0.4, 0.5) is 5.82 Å². The lowest BCUT2D eigenvalue weighted by atomic mass is 10.1. The Kier molecular flexibility index (Phi) is 6.34. The predicted molar refractivity (Wildman–Crippen MR) is 123 cm³/mol. The van der Waals surface area contributed by atoms with E-state index in [1.54, 1.807) is 10.4 Å². The van der Waals surface area contributed by atoms with Crippen molar-refractivity contribution >= 4 is 15.8 Å². The number of aryl methyl sites for hydroxylation is 1. The standard InChI is InChI=1S/C24H28N4O2S/c1-19-11-12-21(17-23(19)31(29,30)28-15-7-4-8-16-28)22-13-14-24(26-25-22)27(2)18-20-9-5-3-6-10-20/h3,5-6,9-14,17H,4,7-8,15-16,18H2,1-2H3. The second-order valence-corrected chi connectivity index (χ2v) is 9.97. The summed E-state index contributed by atoms with van der Waals surface area (Å²) in [7, 11) is -1.52. The molecule has 4 rings (SSSR count). The average Bonchev–Trinajstić information content (AvgIpc) is 2.80. The molecule has 6 nitrogen and oxygen atoms in total. The van der Waals surface area contributed by atoms with Crippen molar-refractivity contribution in [3.63, 3.8) is 0 Å². The SMILES string of the molecule is Cc1ccc(-c2ccc(N(C)Cc3ccccc3)nn2)cc1S(=O)(=O)N1CCCCC1. The van der Waals surface area contributed by atoms with Gasteiger partial charge in [-0.2, -0.15) is 4.31 Å². The minimum absolute atomic E-state index is 0.360. The summed E-state index contributed by atoms with van der Waals surface area (Å²) in [5.41, 5.74) is 3.36. The Balaban J connectivity index is 1.56. The average molecular weight is 437 g/mol. The fraction of sp³-hybridized carbons (Fsp3) is 0.333. The van der Waals surface area contributed by atoms with E-state index in [-0.39, 0.29) is 0 Å². The number of hydrogen-bond donors (Lipinski definition) is 0. The zero-order chi connectivity index (χ0) is 21.8. The fourth-order valence-corrected chi connectivity index (χ4v) is 5.67. The van der Waals surface area contributed by atoms with Crippen LogP contribution in [0.25, 0.3) is 11.3 Å². The van der Waals surface area contributed by atoms with Crippen molar-refractivity contribution in [2.75, 3.05) is 25.0 Å². The van der Waals surface area contributed by atoms with Gasteiger partial charge in [-0.15, -0.1) is 10.2 Å². The molecular formula is C24H28N4O2S.